The number of hydrogen-bond donors (Lipinski definition) is 1. The van der Waals surface area contributed by atoms with E-state index >= 15 is 0 Å². The van der Waals surface area contributed by atoms with Gasteiger partial charge in [-0.05, 0) is 68.1 Å². The van der Waals surface area contributed by atoms with Gasteiger partial charge in [0.2, 0.25) is 0 Å². The highest BCUT2D eigenvalue weighted by Gasteiger charge is 2.12. The lowest BCUT2D eigenvalue weighted by atomic mass is 10.2. The van der Waals surface area contributed by atoms with E-state index in [0.717, 1.165) is 50.0 Å². The van der Waals surface area contributed by atoms with Crippen LogP contribution in [0.1, 0.15) is 31.5 Å². The summed E-state index contributed by atoms with van der Waals surface area (Å²) in [6.45, 7) is 10.0. The first-order valence-electron chi connectivity index (χ1n) is 10.4. The summed E-state index contributed by atoms with van der Waals surface area (Å²) in [5, 5.41) is 4.24. The van der Waals surface area contributed by atoms with Gasteiger partial charge in [-0.15, -0.1) is 0 Å². The predicted octanol–water partition coefficient (Wildman–Crippen LogP) is 3.76. The first-order chi connectivity index (χ1) is 14.0. The van der Waals surface area contributed by atoms with Crippen LogP contribution in [0, 0.1) is 0 Å². The summed E-state index contributed by atoms with van der Waals surface area (Å²) < 4.78 is 0. The van der Waals surface area contributed by atoms with E-state index in [0.29, 0.717) is 6.54 Å². The quantitative estimate of drug-likeness (QED) is 0.446. The topological polar surface area (TPSA) is 34.6 Å². The molecule has 0 fully saturated rings. The van der Waals surface area contributed by atoms with Crippen molar-refractivity contribution in [2.75, 3.05) is 45.2 Å². The Hall–Kier alpha value is -2.18. The van der Waals surface area contributed by atoms with Gasteiger partial charge in [-0.2, -0.15) is 0 Å². The Balaban J connectivity index is 1.99. The summed E-state index contributed by atoms with van der Waals surface area (Å²) in [7, 11) is 4.11. The minimum atomic E-state index is 0.693. The van der Waals surface area contributed by atoms with Crippen molar-refractivity contribution in [1.82, 2.24) is 20.1 Å². The van der Waals surface area contributed by atoms with Gasteiger partial charge >= 0.3 is 0 Å². The second kappa shape index (κ2) is 12.4. The van der Waals surface area contributed by atoms with Crippen LogP contribution in [0.3, 0.4) is 0 Å². The SMILES string of the molecule is CCN(CC)CCCNC(=S)N(Cc1ccc(N(C)C)cc1)Cc1ccccn1. The third-order valence-electron chi connectivity index (χ3n) is 5.01. The molecule has 5 nitrogen and oxygen atoms in total. The number of nitrogens with one attached hydrogen (secondary N) is 1. The average molecular weight is 414 g/mol. The molecule has 0 aliphatic heterocycles. The summed E-state index contributed by atoms with van der Waals surface area (Å²) in [5.41, 5.74) is 3.45. The third kappa shape index (κ3) is 7.99. The molecule has 0 spiro atoms. The second-order valence-corrected chi connectivity index (χ2v) is 7.74. The Morgan fingerprint density at radius 1 is 1.00 bits per heavy atom. The fourth-order valence-corrected chi connectivity index (χ4v) is 3.39. The summed E-state index contributed by atoms with van der Waals surface area (Å²) in [6.07, 6.45) is 2.91. The number of nitrogens with zero attached hydrogens (tertiary/aromatic N) is 4. The smallest absolute Gasteiger partial charge is 0.169 e. The summed E-state index contributed by atoms with van der Waals surface area (Å²) in [6, 6.07) is 14.6. The van der Waals surface area contributed by atoms with E-state index < -0.39 is 0 Å². The van der Waals surface area contributed by atoms with Gasteiger partial charge in [-0.25, -0.2) is 0 Å². The minimum absolute atomic E-state index is 0.693. The first-order valence-corrected chi connectivity index (χ1v) is 10.9. The number of anilines is 1. The normalized spacial score (nSPS) is 10.8. The highest BCUT2D eigenvalue weighted by Crippen LogP contribution is 2.15. The van der Waals surface area contributed by atoms with Crippen molar-refractivity contribution in [3.8, 4) is 0 Å². The van der Waals surface area contributed by atoms with Crippen molar-refractivity contribution < 1.29 is 0 Å². The van der Waals surface area contributed by atoms with E-state index in [1.165, 1.54) is 11.3 Å². The molecule has 1 aromatic carbocycles. The molecule has 0 saturated heterocycles. The molecule has 0 bridgehead atoms. The van der Waals surface area contributed by atoms with E-state index in [4.69, 9.17) is 12.2 Å². The molecule has 0 saturated carbocycles. The lowest BCUT2D eigenvalue weighted by Crippen LogP contribution is -2.40. The third-order valence-corrected chi connectivity index (χ3v) is 5.42. The lowest BCUT2D eigenvalue weighted by molar-refractivity contribution is 0.299. The van der Waals surface area contributed by atoms with Crippen molar-refractivity contribution in [2.45, 2.75) is 33.4 Å². The number of hydrogen-bond acceptors (Lipinski definition) is 4. The van der Waals surface area contributed by atoms with Crippen LogP contribution in [0.2, 0.25) is 0 Å². The molecule has 1 N–H and O–H groups in total. The maximum atomic E-state index is 5.74. The van der Waals surface area contributed by atoms with Crippen LogP contribution in [0.4, 0.5) is 5.69 Å². The van der Waals surface area contributed by atoms with Gasteiger partial charge in [-0.3, -0.25) is 4.98 Å². The molecule has 2 rings (SSSR count). The molecule has 0 amide bonds. The van der Waals surface area contributed by atoms with E-state index in [2.05, 4.69) is 77.2 Å². The predicted molar refractivity (Wildman–Crippen MR) is 127 cm³/mol. The molecule has 158 valence electrons. The zero-order valence-electron chi connectivity index (χ0n) is 18.3. The Kier molecular flexibility index (Phi) is 9.88. The van der Waals surface area contributed by atoms with Crippen LogP contribution in [0.15, 0.2) is 48.7 Å². The van der Waals surface area contributed by atoms with Crippen LogP contribution in [0.5, 0.6) is 0 Å². The molecule has 0 atom stereocenters. The zero-order chi connectivity index (χ0) is 21.1. The Morgan fingerprint density at radius 3 is 2.31 bits per heavy atom. The molecule has 1 aromatic heterocycles. The van der Waals surface area contributed by atoms with Gasteiger partial charge in [0.05, 0.1) is 12.2 Å². The summed E-state index contributed by atoms with van der Waals surface area (Å²) in [4.78, 5) is 11.2. The van der Waals surface area contributed by atoms with E-state index in [-0.39, 0.29) is 0 Å². The molecule has 2 aromatic rings. The minimum Gasteiger partial charge on any atom is -0.378 e. The number of aromatic nitrogens is 1. The molecule has 1 heterocycles. The van der Waals surface area contributed by atoms with Crippen LogP contribution < -0.4 is 10.2 Å². The average Bonchev–Trinajstić information content (AvgIpc) is 2.74. The van der Waals surface area contributed by atoms with Gasteiger partial charge in [0.15, 0.2) is 5.11 Å². The van der Waals surface area contributed by atoms with Gasteiger partial charge in [0.25, 0.3) is 0 Å². The van der Waals surface area contributed by atoms with Crippen LogP contribution in [-0.2, 0) is 13.1 Å². The fourth-order valence-electron chi connectivity index (χ4n) is 3.16. The molecule has 0 aliphatic rings. The van der Waals surface area contributed by atoms with Crippen LogP contribution in [0.25, 0.3) is 0 Å². The van der Waals surface area contributed by atoms with Crippen LogP contribution in [-0.4, -0.2) is 60.2 Å². The maximum absolute atomic E-state index is 5.74. The van der Waals surface area contributed by atoms with Gasteiger partial charge in [0.1, 0.15) is 0 Å². The molecular weight excluding hydrogens is 378 g/mol. The summed E-state index contributed by atoms with van der Waals surface area (Å²) in [5.74, 6) is 0. The number of thiocarbonyl (C=S) groups is 1. The lowest BCUT2D eigenvalue weighted by Gasteiger charge is -2.26. The fraction of sp³-hybridized carbons (Fsp3) is 0.478. The Bertz CT molecular complexity index is 714. The van der Waals surface area contributed by atoms with Gasteiger partial charge in [0, 0.05) is 39.1 Å². The maximum Gasteiger partial charge on any atom is 0.169 e. The second-order valence-electron chi connectivity index (χ2n) is 7.35. The number of pyridine rings is 1. The standard InChI is InChI=1S/C23H35N5S/c1-5-27(6-2)17-9-16-25-23(29)28(19-21-10-7-8-15-24-21)18-20-11-13-22(14-12-20)26(3)4/h7-8,10-15H,5-6,9,16-19H2,1-4H3,(H,25,29). The van der Waals surface area contributed by atoms with Gasteiger partial charge < -0.3 is 20.0 Å². The molecule has 0 aliphatic carbocycles. The van der Waals surface area contributed by atoms with Crippen molar-refractivity contribution in [3.05, 3.63) is 59.9 Å². The van der Waals surface area contributed by atoms with E-state index in [1.807, 2.05) is 24.4 Å². The van der Waals surface area contributed by atoms with Crippen molar-refractivity contribution in [2.24, 2.45) is 0 Å². The van der Waals surface area contributed by atoms with Crippen LogP contribution >= 0.6 is 12.2 Å². The zero-order valence-corrected chi connectivity index (χ0v) is 19.1. The largest absolute Gasteiger partial charge is 0.378 e. The number of benzene rings is 1. The Morgan fingerprint density at radius 2 is 1.72 bits per heavy atom. The molecule has 6 heteroatoms. The van der Waals surface area contributed by atoms with E-state index in [1.54, 1.807) is 0 Å². The molecule has 0 radical (unpaired) electrons. The highest BCUT2D eigenvalue weighted by molar-refractivity contribution is 7.80. The number of rotatable bonds is 11. The van der Waals surface area contributed by atoms with Crippen molar-refractivity contribution in [3.63, 3.8) is 0 Å². The van der Waals surface area contributed by atoms with E-state index in [9.17, 15) is 0 Å². The monoisotopic (exact) mass is 413 g/mol. The molecule has 0 unspecified atom stereocenters. The highest BCUT2D eigenvalue weighted by atomic mass is 32.1. The van der Waals surface area contributed by atoms with Crippen molar-refractivity contribution >= 4 is 23.0 Å². The van der Waals surface area contributed by atoms with Gasteiger partial charge in [-0.1, -0.05) is 32.0 Å². The first kappa shape index (κ1) is 23.1. The summed E-state index contributed by atoms with van der Waals surface area (Å²) >= 11 is 5.74. The van der Waals surface area contributed by atoms with Crippen molar-refractivity contribution in [1.29, 1.82) is 0 Å². The molecular formula is C23H35N5S. The Labute approximate surface area is 181 Å². The molecule has 29 heavy (non-hydrogen) atoms.